The molecule has 1 N–H and O–H groups in total. The average Bonchev–Trinajstić information content (AvgIpc) is 2.22. The SMILES string of the molecule is CC1(OCC(=O)O)CN(Cc2cc(Cl)cc(Cl)c2)C1. The van der Waals surface area contributed by atoms with Gasteiger partial charge >= 0.3 is 5.97 Å². The summed E-state index contributed by atoms with van der Waals surface area (Å²) in [5.74, 6) is -0.943. The highest BCUT2D eigenvalue weighted by molar-refractivity contribution is 6.34. The van der Waals surface area contributed by atoms with Gasteiger partial charge < -0.3 is 9.84 Å². The zero-order valence-corrected chi connectivity index (χ0v) is 12.0. The smallest absolute Gasteiger partial charge is 0.329 e. The van der Waals surface area contributed by atoms with E-state index < -0.39 is 5.97 Å². The van der Waals surface area contributed by atoms with Crippen LogP contribution in [0.3, 0.4) is 0 Å². The third kappa shape index (κ3) is 4.08. The summed E-state index contributed by atoms with van der Waals surface area (Å²) in [5, 5.41) is 9.83. The van der Waals surface area contributed by atoms with E-state index in [0.29, 0.717) is 23.1 Å². The van der Waals surface area contributed by atoms with Crippen molar-refractivity contribution in [1.82, 2.24) is 4.90 Å². The number of nitrogens with zero attached hydrogens (tertiary/aromatic N) is 1. The molecule has 4 nitrogen and oxygen atoms in total. The van der Waals surface area contributed by atoms with E-state index in [2.05, 4.69) is 4.90 Å². The fraction of sp³-hybridized carbons (Fsp3) is 0.462. The summed E-state index contributed by atoms with van der Waals surface area (Å²) in [6.45, 7) is 3.78. The topological polar surface area (TPSA) is 49.8 Å². The molecule has 1 saturated heterocycles. The standard InChI is InChI=1S/C13H15Cl2NO3/c1-13(19-6-12(17)18)7-16(8-13)5-9-2-10(14)4-11(15)3-9/h2-4H,5-8H2,1H3,(H,17,18). The summed E-state index contributed by atoms with van der Waals surface area (Å²) < 4.78 is 5.35. The minimum Gasteiger partial charge on any atom is -0.480 e. The van der Waals surface area contributed by atoms with Crippen LogP contribution in [0.1, 0.15) is 12.5 Å². The van der Waals surface area contributed by atoms with Gasteiger partial charge in [-0.15, -0.1) is 0 Å². The number of halogens is 2. The first kappa shape index (κ1) is 14.6. The molecule has 0 saturated carbocycles. The van der Waals surface area contributed by atoms with Crippen molar-refractivity contribution in [2.24, 2.45) is 0 Å². The van der Waals surface area contributed by atoms with Crippen molar-refractivity contribution in [2.75, 3.05) is 19.7 Å². The van der Waals surface area contributed by atoms with Crippen LogP contribution in [-0.4, -0.2) is 41.3 Å². The molecule has 1 aromatic carbocycles. The Balaban J connectivity index is 1.85. The van der Waals surface area contributed by atoms with Crippen molar-refractivity contribution < 1.29 is 14.6 Å². The quantitative estimate of drug-likeness (QED) is 0.908. The van der Waals surface area contributed by atoms with E-state index in [1.807, 2.05) is 19.1 Å². The van der Waals surface area contributed by atoms with Crippen molar-refractivity contribution in [3.05, 3.63) is 33.8 Å². The van der Waals surface area contributed by atoms with Gasteiger partial charge in [-0.2, -0.15) is 0 Å². The maximum atomic E-state index is 10.5. The van der Waals surface area contributed by atoms with E-state index in [9.17, 15) is 4.79 Å². The molecule has 1 heterocycles. The largest absolute Gasteiger partial charge is 0.480 e. The monoisotopic (exact) mass is 303 g/mol. The first-order valence-corrected chi connectivity index (χ1v) is 6.65. The molecule has 1 aliphatic heterocycles. The van der Waals surface area contributed by atoms with E-state index in [1.165, 1.54) is 0 Å². The molecule has 0 aliphatic carbocycles. The van der Waals surface area contributed by atoms with Gasteiger partial charge in [0.25, 0.3) is 0 Å². The van der Waals surface area contributed by atoms with Gasteiger partial charge in [0.05, 0.1) is 5.60 Å². The Hall–Kier alpha value is -0.810. The van der Waals surface area contributed by atoms with Crippen LogP contribution in [0.25, 0.3) is 0 Å². The molecule has 19 heavy (non-hydrogen) atoms. The highest BCUT2D eigenvalue weighted by atomic mass is 35.5. The van der Waals surface area contributed by atoms with Crippen LogP contribution in [0.4, 0.5) is 0 Å². The second kappa shape index (κ2) is 5.67. The van der Waals surface area contributed by atoms with Gasteiger partial charge in [-0.25, -0.2) is 4.79 Å². The highest BCUT2D eigenvalue weighted by Crippen LogP contribution is 2.28. The number of carboxylic acids is 1. The average molecular weight is 304 g/mol. The number of carbonyl (C=O) groups is 1. The molecule has 0 amide bonds. The summed E-state index contributed by atoms with van der Waals surface area (Å²) in [7, 11) is 0. The van der Waals surface area contributed by atoms with Gasteiger partial charge in [-0.3, -0.25) is 4.90 Å². The van der Waals surface area contributed by atoms with Crippen molar-refractivity contribution in [3.63, 3.8) is 0 Å². The molecule has 0 spiro atoms. The Morgan fingerprint density at radius 1 is 1.37 bits per heavy atom. The van der Waals surface area contributed by atoms with Crippen molar-refractivity contribution in [2.45, 2.75) is 19.1 Å². The lowest BCUT2D eigenvalue weighted by Gasteiger charge is -2.47. The van der Waals surface area contributed by atoms with E-state index >= 15 is 0 Å². The lowest BCUT2D eigenvalue weighted by atomic mass is 9.95. The number of likely N-dealkylation sites (tertiary alicyclic amines) is 1. The van der Waals surface area contributed by atoms with Crippen LogP contribution in [0, 0.1) is 0 Å². The summed E-state index contributed by atoms with van der Waals surface area (Å²) >= 11 is 11.9. The molecule has 0 bridgehead atoms. The molecule has 6 heteroatoms. The number of hydrogen-bond acceptors (Lipinski definition) is 3. The highest BCUT2D eigenvalue weighted by Gasteiger charge is 2.39. The van der Waals surface area contributed by atoms with Crippen LogP contribution in [0.5, 0.6) is 0 Å². The molecule has 1 aliphatic rings. The van der Waals surface area contributed by atoms with E-state index in [1.54, 1.807) is 6.07 Å². The van der Waals surface area contributed by atoms with Crippen molar-refractivity contribution in [1.29, 1.82) is 0 Å². The molecule has 2 rings (SSSR count). The second-order valence-electron chi connectivity index (χ2n) is 5.06. The molecule has 1 fully saturated rings. The molecule has 0 aromatic heterocycles. The number of carboxylic acid groups (broad SMARTS) is 1. The van der Waals surface area contributed by atoms with Gasteiger partial charge in [0, 0.05) is 29.7 Å². The Kier molecular flexibility index (Phi) is 4.36. The predicted octanol–water partition coefficient (Wildman–Crippen LogP) is 2.67. The summed E-state index contributed by atoms with van der Waals surface area (Å²) in [6.07, 6.45) is 0. The molecular formula is C13H15Cl2NO3. The zero-order valence-electron chi connectivity index (χ0n) is 10.5. The van der Waals surface area contributed by atoms with E-state index in [0.717, 1.165) is 12.1 Å². The first-order valence-electron chi connectivity index (χ1n) is 5.89. The van der Waals surface area contributed by atoms with Crippen molar-refractivity contribution >= 4 is 29.2 Å². The molecule has 0 atom stereocenters. The van der Waals surface area contributed by atoms with Crippen LogP contribution < -0.4 is 0 Å². The van der Waals surface area contributed by atoms with E-state index in [4.69, 9.17) is 33.0 Å². The summed E-state index contributed by atoms with van der Waals surface area (Å²) in [5.41, 5.74) is 0.665. The van der Waals surface area contributed by atoms with Gasteiger partial charge in [0.1, 0.15) is 6.61 Å². The minimum absolute atomic E-state index is 0.257. The third-order valence-corrected chi connectivity index (χ3v) is 3.43. The normalized spacial score (nSPS) is 18.1. The second-order valence-corrected chi connectivity index (χ2v) is 5.93. The molecule has 0 radical (unpaired) electrons. The third-order valence-electron chi connectivity index (χ3n) is 2.99. The first-order chi connectivity index (χ1) is 8.86. The van der Waals surface area contributed by atoms with Crippen LogP contribution in [-0.2, 0) is 16.1 Å². The molecular weight excluding hydrogens is 289 g/mol. The minimum atomic E-state index is -0.943. The lowest BCUT2D eigenvalue weighted by Crippen LogP contribution is -2.61. The van der Waals surface area contributed by atoms with Gasteiger partial charge in [0.15, 0.2) is 0 Å². The Labute approximate surface area is 121 Å². The lowest BCUT2D eigenvalue weighted by molar-refractivity contribution is -0.165. The fourth-order valence-electron chi connectivity index (χ4n) is 2.30. The summed E-state index contributed by atoms with van der Waals surface area (Å²) in [6, 6.07) is 5.45. The Morgan fingerprint density at radius 3 is 2.47 bits per heavy atom. The number of aliphatic carboxylic acids is 1. The predicted molar refractivity (Wildman–Crippen MR) is 73.7 cm³/mol. The maximum Gasteiger partial charge on any atom is 0.329 e. The Morgan fingerprint density at radius 2 is 1.95 bits per heavy atom. The fourth-order valence-corrected chi connectivity index (χ4v) is 2.87. The van der Waals surface area contributed by atoms with Gasteiger partial charge in [-0.1, -0.05) is 23.2 Å². The number of ether oxygens (including phenoxy) is 1. The van der Waals surface area contributed by atoms with E-state index in [-0.39, 0.29) is 12.2 Å². The van der Waals surface area contributed by atoms with Crippen molar-refractivity contribution in [3.8, 4) is 0 Å². The molecule has 104 valence electrons. The van der Waals surface area contributed by atoms with Gasteiger partial charge in [-0.05, 0) is 30.7 Å². The van der Waals surface area contributed by atoms with Crippen LogP contribution >= 0.6 is 23.2 Å². The van der Waals surface area contributed by atoms with Crippen LogP contribution in [0.2, 0.25) is 10.0 Å². The molecule has 1 aromatic rings. The number of rotatable bonds is 5. The number of benzene rings is 1. The maximum absolute atomic E-state index is 10.5. The summed E-state index contributed by atoms with van der Waals surface area (Å²) in [4.78, 5) is 12.6. The number of hydrogen-bond donors (Lipinski definition) is 1. The van der Waals surface area contributed by atoms with Gasteiger partial charge in [0.2, 0.25) is 0 Å². The molecule has 0 unspecified atom stereocenters. The Bertz CT molecular complexity index is 467. The van der Waals surface area contributed by atoms with Crippen LogP contribution in [0.15, 0.2) is 18.2 Å². The zero-order chi connectivity index (χ0) is 14.0.